The smallest absolute Gasteiger partial charge is 0.268 e. The van der Waals surface area contributed by atoms with Crippen LogP contribution in [0.1, 0.15) is 30.9 Å². The third kappa shape index (κ3) is 3.52. The molecule has 5 rings (SSSR count). The van der Waals surface area contributed by atoms with Crippen LogP contribution in [0.2, 0.25) is 0 Å². The van der Waals surface area contributed by atoms with Gasteiger partial charge in [-0.15, -0.1) is 5.10 Å². The zero-order valence-electron chi connectivity index (χ0n) is 18.4. The highest BCUT2D eigenvalue weighted by Crippen LogP contribution is 2.24. The molecule has 0 atom stereocenters. The number of hydrogen-bond acceptors (Lipinski definition) is 3. The highest BCUT2D eigenvalue weighted by Gasteiger charge is 2.18. The van der Waals surface area contributed by atoms with Crippen molar-refractivity contribution in [2.24, 2.45) is 0 Å². The van der Waals surface area contributed by atoms with E-state index in [2.05, 4.69) is 31.1 Å². The number of aromatic nitrogens is 4. The first-order chi connectivity index (χ1) is 15.5. The van der Waals surface area contributed by atoms with Gasteiger partial charge in [0.05, 0.1) is 11.4 Å². The Hall–Kier alpha value is -3.99. The SMILES string of the molecule is Cc1cccc(-c2nc3nn(-c4ccccc4)cc3c(=O)n2-c2ccc(C(C)C)cc2)c1. The molecule has 0 fully saturated rings. The molecule has 0 spiro atoms. The van der Waals surface area contributed by atoms with Gasteiger partial charge >= 0.3 is 0 Å². The minimum Gasteiger partial charge on any atom is -0.268 e. The number of aryl methyl sites for hydroxylation is 1. The molecule has 0 N–H and O–H groups in total. The van der Waals surface area contributed by atoms with E-state index < -0.39 is 0 Å². The van der Waals surface area contributed by atoms with Crippen molar-refractivity contribution in [3.8, 4) is 22.8 Å². The van der Waals surface area contributed by atoms with Crippen LogP contribution in [0.5, 0.6) is 0 Å². The van der Waals surface area contributed by atoms with E-state index in [0.717, 1.165) is 22.5 Å². The number of benzene rings is 3. The first kappa shape index (κ1) is 19.9. The second-order valence-electron chi connectivity index (χ2n) is 8.34. The molecule has 0 bridgehead atoms. The predicted octanol–water partition coefficient (Wildman–Crippen LogP) is 5.67. The van der Waals surface area contributed by atoms with Gasteiger partial charge in [0.1, 0.15) is 11.2 Å². The molecule has 5 nitrogen and oxygen atoms in total. The summed E-state index contributed by atoms with van der Waals surface area (Å²) < 4.78 is 3.41. The maximum Gasteiger partial charge on any atom is 0.269 e. The van der Waals surface area contributed by atoms with Gasteiger partial charge in [0.25, 0.3) is 5.56 Å². The van der Waals surface area contributed by atoms with Gasteiger partial charge in [0.15, 0.2) is 5.65 Å². The molecular weight excluding hydrogens is 396 g/mol. The molecule has 0 saturated heterocycles. The fourth-order valence-corrected chi connectivity index (χ4v) is 3.90. The van der Waals surface area contributed by atoms with E-state index in [0.29, 0.717) is 22.8 Å². The highest BCUT2D eigenvalue weighted by molar-refractivity contribution is 5.77. The zero-order valence-corrected chi connectivity index (χ0v) is 18.4. The van der Waals surface area contributed by atoms with Gasteiger partial charge in [-0.05, 0) is 48.7 Å². The van der Waals surface area contributed by atoms with Crippen LogP contribution < -0.4 is 5.56 Å². The standard InChI is InChI=1S/C27H24N4O/c1-18(2)20-12-14-23(15-13-20)31-26(21-9-7-8-19(3)16-21)28-25-24(27(31)32)17-30(29-25)22-10-5-4-6-11-22/h4-18H,1-3H3. The van der Waals surface area contributed by atoms with Gasteiger partial charge in [-0.2, -0.15) is 0 Å². The van der Waals surface area contributed by atoms with E-state index in [-0.39, 0.29) is 5.56 Å². The fraction of sp³-hybridized carbons (Fsp3) is 0.148. The van der Waals surface area contributed by atoms with Crippen LogP contribution in [0.4, 0.5) is 0 Å². The van der Waals surface area contributed by atoms with Crippen LogP contribution >= 0.6 is 0 Å². The summed E-state index contributed by atoms with van der Waals surface area (Å²) in [5, 5.41) is 5.10. The second-order valence-corrected chi connectivity index (χ2v) is 8.34. The van der Waals surface area contributed by atoms with Gasteiger partial charge in [0, 0.05) is 11.8 Å². The Bertz CT molecular complexity index is 1460. The van der Waals surface area contributed by atoms with Gasteiger partial charge in [-0.3, -0.25) is 9.36 Å². The molecule has 0 aliphatic heterocycles. The molecule has 0 aliphatic carbocycles. The molecule has 0 unspecified atom stereocenters. The molecule has 2 heterocycles. The lowest BCUT2D eigenvalue weighted by molar-refractivity contribution is 0.863. The van der Waals surface area contributed by atoms with Crippen molar-refractivity contribution >= 4 is 11.0 Å². The van der Waals surface area contributed by atoms with Crippen molar-refractivity contribution in [3.05, 3.63) is 107 Å². The number of rotatable bonds is 4. The maximum atomic E-state index is 13.7. The summed E-state index contributed by atoms with van der Waals surface area (Å²) in [5.41, 5.74) is 5.19. The Morgan fingerprint density at radius 3 is 2.28 bits per heavy atom. The summed E-state index contributed by atoms with van der Waals surface area (Å²) in [6.07, 6.45) is 1.76. The molecule has 3 aromatic carbocycles. The van der Waals surface area contributed by atoms with Crippen LogP contribution in [0.15, 0.2) is 89.9 Å². The summed E-state index contributed by atoms with van der Waals surface area (Å²) in [6, 6.07) is 25.9. The predicted molar refractivity (Wildman–Crippen MR) is 129 cm³/mol. The first-order valence-electron chi connectivity index (χ1n) is 10.8. The first-order valence-corrected chi connectivity index (χ1v) is 10.8. The molecule has 2 aromatic heterocycles. The van der Waals surface area contributed by atoms with Gasteiger partial charge in [-0.1, -0.05) is 67.9 Å². The lowest BCUT2D eigenvalue weighted by atomic mass is 10.0. The summed E-state index contributed by atoms with van der Waals surface area (Å²) in [7, 11) is 0. The average molecular weight is 421 g/mol. The van der Waals surface area contributed by atoms with Gasteiger partial charge in [-0.25, -0.2) is 9.67 Å². The third-order valence-corrected chi connectivity index (χ3v) is 5.67. The fourth-order valence-electron chi connectivity index (χ4n) is 3.90. The average Bonchev–Trinajstić information content (AvgIpc) is 3.24. The van der Waals surface area contributed by atoms with E-state index in [9.17, 15) is 4.79 Å². The molecule has 0 aliphatic rings. The Labute approximate surface area is 186 Å². The highest BCUT2D eigenvalue weighted by atomic mass is 16.1. The van der Waals surface area contributed by atoms with Crippen LogP contribution in [0.25, 0.3) is 33.8 Å². The lowest BCUT2D eigenvalue weighted by Gasteiger charge is -2.14. The van der Waals surface area contributed by atoms with E-state index in [1.807, 2.05) is 73.7 Å². The van der Waals surface area contributed by atoms with Crippen molar-refractivity contribution in [3.63, 3.8) is 0 Å². The van der Waals surface area contributed by atoms with Crippen molar-refractivity contribution in [1.29, 1.82) is 0 Å². The van der Waals surface area contributed by atoms with Crippen molar-refractivity contribution in [2.75, 3.05) is 0 Å². The summed E-state index contributed by atoms with van der Waals surface area (Å²) in [6.45, 7) is 6.35. The van der Waals surface area contributed by atoms with E-state index >= 15 is 0 Å². The van der Waals surface area contributed by atoms with Crippen LogP contribution in [0.3, 0.4) is 0 Å². The molecule has 158 valence electrons. The zero-order chi connectivity index (χ0) is 22.2. The number of hydrogen-bond donors (Lipinski definition) is 0. The maximum absolute atomic E-state index is 13.7. The van der Waals surface area contributed by atoms with Crippen LogP contribution in [0, 0.1) is 6.92 Å². The molecule has 0 amide bonds. The Morgan fingerprint density at radius 1 is 0.844 bits per heavy atom. The van der Waals surface area contributed by atoms with Crippen LogP contribution in [-0.2, 0) is 0 Å². The van der Waals surface area contributed by atoms with Crippen molar-refractivity contribution < 1.29 is 0 Å². The van der Waals surface area contributed by atoms with Crippen molar-refractivity contribution in [2.45, 2.75) is 26.7 Å². The topological polar surface area (TPSA) is 52.7 Å². The summed E-state index contributed by atoms with van der Waals surface area (Å²) in [4.78, 5) is 18.6. The monoisotopic (exact) mass is 420 g/mol. The molecule has 32 heavy (non-hydrogen) atoms. The second kappa shape index (κ2) is 7.93. The van der Waals surface area contributed by atoms with Crippen molar-refractivity contribution in [1.82, 2.24) is 19.3 Å². The minimum atomic E-state index is -0.133. The van der Waals surface area contributed by atoms with E-state index in [1.54, 1.807) is 15.4 Å². The molecule has 5 heteroatoms. The Balaban J connectivity index is 1.78. The third-order valence-electron chi connectivity index (χ3n) is 5.67. The Morgan fingerprint density at radius 2 is 1.59 bits per heavy atom. The van der Waals surface area contributed by atoms with E-state index in [1.165, 1.54) is 5.56 Å². The number of para-hydroxylation sites is 1. The molecule has 0 radical (unpaired) electrons. The quantitative estimate of drug-likeness (QED) is 0.376. The van der Waals surface area contributed by atoms with E-state index in [4.69, 9.17) is 4.98 Å². The summed E-state index contributed by atoms with van der Waals surface area (Å²) in [5.74, 6) is 1.00. The van der Waals surface area contributed by atoms with Gasteiger partial charge in [0.2, 0.25) is 0 Å². The Kier molecular flexibility index (Phi) is 4.94. The molecule has 0 saturated carbocycles. The largest absolute Gasteiger partial charge is 0.269 e. The molecular formula is C27H24N4O. The summed E-state index contributed by atoms with van der Waals surface area (Å²) >= 11 is 0. The number of nitrogens with zero attached hydrogens (tertiary/aromatic N) is 4. The lowest BCUT2D eigenvalue weighted by Crippen LogP contribution is -2.21. The van der Waals surface area contributed by atoms with Gasteiger partial charge < -0.3 is 0 Å². The minimum absolute atomic E-state index is 0.133. The molecule has 5 aromatic rings. The number of fused-ring (bicyclic) bond motifs is 1. The van der Waals surface area contributed by atoms with Crippen LogP contribution in [-0.4, -0.2) is 19.3 Å². The normalized spacial score (nSPS) is 11.4.